The lowest BCUT2D eigenvalue weighted by atomic mass is 10.1. The molecule has 0 spiro atoms. The van der Waals surface area contributed by atoms with Crippen LogP contribution in [0.4, 0.5) is 0 Å². The normalized spacial score (nSPS) is 13.3. The van der Waals surface area contributed by atoms with Crippen LogP contribution in [0.15, 0.2) is 53.7 Å². The number of hydrogen-bond donors (Lipinski definition) is 1. The van der Waals surface area contributed by atoms with Gasteiger partial charge < -0.3 is 5.84 Å². The molecule has 0 radical (unpaired) electrons. The van der Waals surface area contributed by atoms with Gasteiger partial charge in [0.1, 0.15) is 0 Å². The second kappa shape index (κ2) is 6.88. The van der Waals surface area contributed by atoms with Gasteiger partial charge in [-0.1, -0.05) is 53.7 Å². The number of nitrogens with two attached hydrogens (primary N) is 1. The molecular weight excluding hydrogens is 362 g/mol. The minimum atomic E-state index is -0.259. The van der Waals surface area contributed by atoms with Crippen LogP contribution in [0, 0.1) is 6.92 Å². The molecule has 2 N–H and O–H groups in total. The molecule has 0 saturated heterocycles. The molecule has 0 fully saturated rings. The topological polar surface area (TPSA) is 94.1 Å². The van der Waals surface area contributed by atoms with Gasteiger partial charge in [-0.05, 0) is 19.1 Å². The zero-order valence-corrected chi connectivity index (χ0v) is 15.4. The molecule has 0 aliphatic carbocycles. The van der Waals surface area contributed by atoms with Crippen molar-refractivity contribution in [3.05, 3.63) is 65.2 Å². The Bertz CT molecular complexity index is 994. The summed E-state index contributed by atoms with van der Waals surface area (Å²) in [4.78, 5) is 26.0. The van der Waals surface area contributed by atoms with E-state index < -0.39 is 0 Å². The maximum Gasteiger partial charge on any atom is 0.261 e. The van der Waals surface area contributed by atoms with Crippen LogP contribution in [0.1, 0.15) is 26.3 Å². The van der Waals surface area contributed by atoms with Crippen molar-refractivity contribution < 1.29 is 9.59 Å². The molecular formula is C19H17N5O2S. The Hall–Kier alpha value is -3.13. The standard InChI is InChI=1S/C19H17N5O2S/c1-12-6-8-13(9-7-12)16-21-22-19(24(16)20)27-11-10-23-17(25)14-4-2-3-5-15(14)18(23)26/h2-9H,10-11,20H2,1H3. The molecule has 2 amide bonds. The van der Waals surface area contributed by atoms with Crippen molar-refractivity contribution in [3.8, 4) is 11.4 Å². The molecule has 1 aliphatic heterocycles. The quantitative estimate of drug-likeness (QED) is 0.415. The van der Waals surface area contributed by atoms with Gasteiger partial charge in [0.15, 0.2) is 5.82 Å². The van der Waals surface area contributed by atoms with Crippen LogP contribution in [-0.4, -0.2) is 43.9 Å². The number of aryl methyl sites for hydroxylation is 1. The Labute approximate surface area is 160 Å². The van der Waals surface area contributed by atoms with Crippen LogP contribution in [0.3, 0.4) is 0 Å². The summed E-state index contributed by atoms with van der Waals surface area (Å²) in [5.41, 5.74) is 2.94. The molecule has 7 nitrogen and oxygen atoms in total. The fraction of sp³-hybridized carbons (Fsp3) is 0.158. The monoisotopic (exact) mass is 379 g/mol. The number of nitrogen functional groups attached to an aromatic ring is 1. The summed E-state index contributed by atoms with van der Waals surface area (Å²) in [7, 11) is 0. The van der Waals surface area contributed by atoms with Crippen LogP contribution in [-0.2, 0) is 0 Å². The highest BCUT2D eigenvalue weighted by atomic mass is 32.2. The van der Waals surface area contributed by atoms with Gasteiger partial charge >= 0.3 is 0 Å². The highest BCUT2D eigenvalue weighted by Gasteiger charge is 2.34. The van der Waals surface area contributed by atoms with E-state index in [1.165, 1.54) is 21.3 Å². The van der Waals surface area contributed by atoms with Crippen molar-refractivity contribution in [3.63, 3.8) is 0 Å². The number of thioether (sulfide) groups is 1. The van der Waals surface area contributed by atoms with Gasteiger partial charge in [-0.25, -0.2) is 4.68 Å². The number of benzene rings is 2. The van der Waals surface area contributed by atoms with E-state index in [0.29, 0.717) is 27.9 Å². The van der Waals surface area contributed by atoms with Crippen LogP contribution < -0.4 is 5.84 Å². The van der Waals surface area contributed by atoms with Gasteiger partial charge in [-0.3, -0.25) is 14.5 Å². The Kier molecular flexibility index (Phi) is 4.41. The molecule has 3 aromatic rings. The van der Waals surface area contributed by atoms with Crippen molar-refractivity contribution in [2.45, 2.75) is 12.1 Å². The third kappa shape index (κ3) is 3.08. The van der Waals surface area contributed by atoms with E-state index in [1.807, 2.05) is 31.2 Å². The number of rotatable bonds is 5. The Morgan fingerprint density at radius 1 is 0.963 bits per heavy atom. The van der Waals surface area contributed by atoms with Crippen LogP contribution >= 0.6 is 11.8 Å². The number of aromatic nitrogens is 3. The number of hydrogen-bond acceptors (Lipinski definition) is 6. The molecule has 4 rings (SSSR count). The number of amides is 2. The van der Waals surface area contributed by atoms with E-state index >= 15 is 0 Å². The minimum Gasteiger partial charge on any atom is -0.335 e. The summed E-state index contributed by atoms with van der Waals surface area (Å²) in [6, 6.07) is 14.7. The predicted octanol–water partition coefficient (Wildman–Crippen LogP) is 2.36. The van der Waals surface area contributed by atoms with Gasteiger partial charge in [0.2, 0.25) is 5.16 Å². The molecule has 8 heteroatoms. The molecule has 2 heterocycles. The molecule has 2 aromatic carbocycles. The molecule has 1 aliphatic rings. The van der Waals surface area contributed by atoms with E-state index in [9.17, 15) is 9.59 Å². The van der Waals surface area contributed by atoms with Crippen LogP contribution in [0.2, 0.25) is 0 Å². The minimum absolute atomic E-state index is 0.259. The summed E-state index contributed by atoms with van der Waals surface area (Å²) >= 11 is 1.35. The number of nitrogens with zero attached hydrogens (tertiary/aromatic N) is 4. The van der Waals surface area contributed by atoms with Gasteiger partial charge in [0.05, 0.1) is 11.1 Å². The van der Waals surface area contributed by atoms with E-state index in [2.05, 4.69) is 10.2 Å². The first-order valence-electron chi connectivity index (χ1n) is 8.42. The lowest BCUT2D eigenvalue weighted by Crippen LogP contribution is -2.32. The van der Waals surface area contributed by atoms with Crippen LogP contribution in [0.25, 0.3) is 11.4 Å². The summed E-state index contributed by atoms with van der Waals surface area (Å²) < 4.78 is 1.43. The third-order valence-corrected chi connectivity index (χ3v) is 5.32. The lowest BCUT2D eigenvalue weighted by molar-refractivity contribution is 0.0664. The van der Waals surface area contributed by atoms with Gasteiger partial charge in [-0.2, -0.15) is 0 Å². The summed E-state index contributed by atoms with van der Waals surface area (Å²) in [5, 5.41) is 8.80. The highest BCUT2D eigenvalue weighted by Crippen LogP contribution is 2.25. The maximum atomic E-state index is 12.4. The average molecular weight is 379 g/mol. The third-order valence-electron chi connectivity index (χ3n) is 4.40. The lowest BCUT2D eigenvalue weighted by Gasteiger charge is -2.12. The molecule has 27 heavy (non-hydrogen) atoms. The fourth-order valence-corrected chi connectivity index (χ4v) is 3.73. The predicted molar refractivity (Wildman–Crippen MR) is 103 cm³/mol. The maximum absolute atomic E-state index is 12.4. The number of imide groups is 1. The van der Waals surface area contributed by atoms with E-state index in [1.54, 1.807) is 24.3 Å². The molecule has 0 bridgehead atoms. The van der Waals surface area contributed by atoms with Gasteiger partial charge in [0, 0.05) is 17.9 Å². The molecule has 0 atom stereocenters. The van der Waals surface area contributed by atoms with Crippen molar-refractivity contribution in [1.29, 1.82) is 0 Å². The molecule has 136 valence electrons. The largest absolute Gasteiger partial charge is 0.335 e. The fourth-order valence-electron chi connectivity index (χ4n) is 2.95. The number of carbonyl (C=O) groups excluding carboxylic acids is 2. The average Bonchev–Trinajstić information content (AvgIpc) is 3.16. The first kappa shape index (κ1) is 17.3. The molecule has 0 unspecified atom stereocenters. The van der Waals surface area contributed by atoms with Crippen molar-refractivity contribution in [2.24, 2.45) is 0 Å². The Morgan fingerprint density at radius 2 is 1.59 bits per heavy atom. The summed E-state index contributed by atoms with van der Waals surface area (Å²) in [6.45, 7) is 2.29. The van der Waals surface area contributed by atoms with Gasteiger partial charge in [0.25, 0.3) is 11.8 Å². The molecule has 1 aromatic heterocycles. The van der Waals surface area contributed by atoms with E-state index in [4.69, 9.17) is 5.84 Å². The SMILES string of the molecule is Cc1ccc(-c2nnc(SCCN3C(=O)c4ccccc4C3=O)n2N)cc1. The van der Waals surface area contributed by atoms with Gasteiger partial charge in [-0.15, -0.1) is 10.2 Å². The highest BCUT2D eigenvalue weighted by molar-refractivity contribution is 7.99. The first-order chi connectivity index (χ1) is 13.1. The number of fused-ring (bicyclic) bond motifs is 1. The zero-order chi connectivity index (χ0) is 19.0. The Balaban J connectivity index is 1.43. The summed E-state index contributed by atoms with van der Waals surface area (Å²) in [5.74, 6) is 6.65. The van der Waals surface area contributed by atoms with Crippen molar-refractivity contribution in [2.75, 3.05) is 18.1 Å². The smallest absolute Gasteiger partial charge is 0.261 e. The zero-order valence-electron chi connectivity index (χ0n) is 14.6. The van der Waals surface area contributed by atoms with Crippen LogP contribution in [0.5, 0.6) is 0 Å². The van der Waals surface area contributed by atoms with Crippen molar-refractivity contribution >= 4 is 23.6 Å². The van der Waals surface area contributed by atoms with E-state index in [0.717, 1.165) is 11.1 Å². The molecule has 0 saturated carbocycles. The van der Waals surface area contributed by atoms with Crippen molar-refractivity contribution in [1.82, 2.24) is 19.8 Å². The summed E-state index contributed by atoms with van der Waals surface area (Å²) in [6.07, 6.45) is 0. The first-order valence-corrected chi connectivity index (χ1v) is 9.40. The number of carbonyl (C=O) groups is 2. The Morgan fingerprint density at radius 3 is 2.22 bits per heavy atom. The second-order valence-electron chi connectivity index (χ2n) is 6.20. The second-order valence-corrected chi connectivity index (χ2v) is 7.26. The van der Waals surface area contributed by atoms with E-state index in [-0.39, 0.29) is 18.4 Å².